The van der Waals surface area contributed by atoms with E-state index in [9.17, 15) is 0 Å². The van der Waals surface area contributed by atoms with Crippen molar-refractivity contribution >= 4 is 16.9 Å². The Labute approximate surface area is 212 Å². The van der Waals surface area contributed by atoms with Crippen molar-refractivity contribution in [3.8, 4) is 0 Å². The Kier molecular flexibility index (Phi) is 5.55. The van der Waals surface area contributed by atoms with E-state index < -0.39 is 10.8 Å². The summed E-state index contributed by atoms with van der Waals surface area (Å²) in [6, 6.07) is 41.3. The summed E-state index contributed by atoms with van der Waals surface area (Å²) in [5, 5.41) is 0. The maximum absolute atomic E-state index is 15.1. The molecule has 0 amide bonds. The molecule has 2 heteroatoms. The fraction of sp³-hybridized carbons (Fsp3) is 0.147. The third-order valence-corrected chi connectivity index (χ3v) is 7.97. The molecule has 6 rings (SSSR count). The predicted octanol–water partition coefficient (Wildman–Crippen LogP) is 7.03. The number of carbonyl (C=O) groups is 1. The largest absolute Gasteiger partial charge is 0.376 e. The van der Waals surface area contributed by atoms with Crippen molar-refractivity contribution in [1.82, 2.24) is 0 Å². The van der Waals surface area contributed by atoms with Gasteiger partial charge in [0.25, 0.3) is 0 Å². The van der Waals surface area contributed by atoms with Gasteiger partial charge in [-0.3, -0.25) is 4.79 Å². The van der Waals surface area contributed by atoms with Crippen LogP contribution in [0, 0.1) is 0 Å². The first-order valence-electron chi connectivity index (χ1n) is 12.5. The first-order chi connectivity index (χ1) is 17.7. The molecule has 0 spiro atoms. The van der Waals surface area contributed by atoms with Gasteiger partial charge in [0.2, 0.25) is 0 Å². The van der Waals surface area contributed by atoms with Crippen LogP contribution in [0.15, 0.2) is 133 Å². The molecule has 0 radical (unpaired) electrons. The third kappa shape index (κ3) is 2.98. The summed E-state index contributed by atoms with van der Waals surface area (Å²) in [7, 11) is 1.76. The second kappa shape index (κ2) is 8.89. The molecule has 0 N–H and O–H groups in total. The number of Topliss-reactive ketones (excluding diaryl/α,β-unsaturated/α-hetero) is 1. The number of ketones is 1. The molecule has 176 valence electrons. The van der Waals surface area contributed by atoms with Crippen molar-refractivity contribution in [2.45, 2.75) is 23.4 Å². The van der Waals surface area contributed by atoms with E-state index in [1.165, 1.54) is 0 Å². The lowest BCUT2D eigenvalue weighted by atomic mass is 9.50. The van der Waals surface area contributed by atoms with Crippen molar-refractivity contribution in [1.29, 1.82) is 0 Å². The van der Waals surface area contributed by atoms with E-state index in [0.29, 0.717) is 6.42 Å². The second-order valence-electron chi connectivity index (χ2n) is 9.55. The molecule has 2 aliphatic carbocycles. The zero-order valence-corrected chi connectivity index (χ0v) is 20.3. The van der Waals surface area contributed by atoms with E-state index in [0.717, 1.165) is 33.4 Å². The van der Waals surface area contributed by atoms with Crippen LogP contribution in [0.3, 0.4) is 0 Å². The first-order valence-corrected chi connectivity index (χ1v) is 12.5. The summed E-state index contributed by atoms with van der Waals surface area (Å²) in [4.78, 5) is 15.1. The minimum Gasteiger partial charge on any atom is -0.376 e. The fourth-order valence-corrected chi connectivity index (χ4v) is 6.64. The van der Waals surface area contributed by atoms with Crippen molar-refractivity contribution in [2.24, 2.45) is 0 Å². The van der Waals surface area contributed by atoms with E-state index in [2.05, 4.69) is 84.9 Å². The highest BCUT2D eigenvalue weighted by atomic mass is 16.5. The number of fused-ring (bicyclic) bond motifs is 1. The van der Waals surface area contributed by atoms with Gasteiger partial charge in [-0.25, -0.2) is 0 Å². The Balaban J connectivity index is 1.84. The van der Waals surface area contributed by atoms with E-state index in [4.69, 9.17) is 4.74 Å². The summed E-state index contributed by atoms with van der Waals surface area (Å²) in [6.45, 7) is 0. The molecule has 4 aromatic carbocycles. The smallest absolute Gasteiger partial charge is 0.175 e. The molecular weight excluding hydrogens is 440 g/mol. The van der Waals surface area contributed by atoms with E-state index >= 15 is 4.79 Å². The van der Waals surface area contributed by atoms with Crippen LogP contribution in [0.2, 0.25) is 0 Å². The molecule has 4 aromatic rings. The zero-order valence-electron chi connectivity index (χ0n) is 20.3. The number of allylic oxidation sites excluding steroid dienone is 2. The van der Waals surface area contributed by atoms with Gasteiger partial charge < -0.3 is 4.74 Å². The Morgan fingerprint density at radius 1 is 0.667 bits per heavy atom. The molecule has 2 aliphatic rings. The monoisotopic (exact) mass is 468 g/mol. The molecule has 0 fully saturated rings. The van der Waals surface area contributed by atoms with Gasteiger partial charge >= 0.3 is 0 Å². The Bertz CT molecular complexity index is 1440. The van der Waals surface area contributed by atoms with Crippen LogP contribution in [0.4, 0.5) is 0 Å². The summed E-state index contributed by atoms with van der Waals surface area (Å²) in [6.07, 6.45) is 4.54. The topological polar surface area (TPSA) is 26.3 Å². The lowest BCUT2D eigenvalue weighted by molar-refractivity contribution is -0.121. The summed E-state index contributed by atoms with van der Waals surface area (Å²) < 4.78 is 6.32. The van der Waals surface area contributed by atoms with Gasteiger partial charge in [-0.05, 0) is 34.2 Å². The SMILES string of the molecule is CO[C@@H]1C=CC[C@@]2(c3ccccc3)C(=O)C(c3ccccc3)=C(c3ccccc3)[C@@]12c1ccccc1. The number of ether oxygens (including phenoxy) is 1. The number of methoxy groups -OCH3 is 1. The lowest BCUT2D eigenvalue weighted by Crippen LogP contribution is -2.59. The van der Waals surface area contributed by atoms with Gasteiger partial charge in [0.15, 0.2) is 5.78 Å². The second-order valence-corrected chi connectivity index (χ2v) is 9.55. The average molecular weight is 469 g/mol. The standard InChI is InChI=1S/C34H28O2/c1-36-29-23-14-24-33(27-19-10-4-11-20-27)32(35)30(25-15-6-2-7-16-25)31(26-17-8-3-9-18-26)34(29,33)28-21-12-5-13-22-28/h2-23,29H,24H2,1H3/t29-,33-,34-/m1/s1. The normalized spacial score (nSPS) is 25.1. The highest BCUT2D eigenvalue weighted by Gasteiger charge is 2.69. The van der Waals surface area contributed by atoms with E-state index in [1.54, 1.807) is 7.11 Å². The molecule has 0 bridgehead atoms. The number of rotatable bonds is 5. The predicted molar refractivity (Wildman–Crippen MR) is 145 cm³/mol. The number of hydrogen-bond acceptors (Lipinski definition) is 2. The minimum atomic E-state index is -0.860. The van der Waals surface area contributed by atoms with E-state index in [1.807, 2.05) is 48.5 Å². The van der Waals surface area contributed by atoms with Crippen LogP contribution in [0.25, 0.3) is 11.1 Å². The minimum absolute atomic E-state index is 0.147. The summed E-state index contributed by atoms with van der Waals surface area (Å²) in [5.74, 6) is 0.147. The quantitative estimate of drug-likeness (QED) is 0.294. The van der Waals surface area contributed by atoms with Gasteiger partial charge in [-0.15, -0.1) is 0 Å². The Morgan fingerprint density at radius 2 is 1.17 bits per heavy atom. The highest BCUT2D eigenvalue weighted by molar-refractivity contribution is 6.38. The maximum Gasteiger partial charge on any atom is 0.175 e. The van der Waals surface area contributed by atoms with Gasteiger partial charge in [-0.2, -0.15) is 0 Å². The van der Waals surface area contributed by atoms with Crippen molar-refractivity contribution in [2.75, 3.05) is 7.11 Å². The molecule has 0 aromatic heterocycles. The summed E-state index contributed by atoms with van der Waals surface area (Å²) in [5.41, 5.74) is 4.28. The van der Waals surface area contributed by atoms with E-state index in [-0.39, 0.29) is 11.9 Å². The summed E-state index contributed by atoms with van der Waals surface area (Å²) >= 11 is 0. The molecule has 0 saturated heterocycles. The van der Waals surface area contributed by atoms with Crippen molar-refractivity contribution < 1.29 is 9.53 Å². The Hall–Kier alpha value is -4.01. The molecule has 0 aliphatic heterocycles. The number of carbonyl (C=O) groups excluding carboxylic acids is 1. The molecular formula is C34H28O2. The van der Waals surface area contributed by atoms with Crippen LogP contribution in [0.1, 0.15) is 28.7 Å². The van der Waals surface area contributed by atoms with Crippen molar-refractivity contribution in [3.05, 3.63) is 156 Å². The molecule has 3 atom stereocenters. The van der Waals surface area contributed by atoms with Gasteiger partial charge in [0.05, 0.1) is 16.9 Å². The van der Waals surface area contributed by atoms with Crippen LogP contribution in [-0.4, -0.2) is 19.0 Å². The lowest BCUT2D eigenvalue weighted by Gasteiger charge is -2.52. The van der Waals surface area contributed by atoms with Gasteiger partial charge in [0.1, 0.15) is 0 Å². The first kappa shape index (κ1) is 22.5. The zero-order chi connectivity index (χ0) is 24.6. The Morgan fingerprint density at radius 3 is 1.72 bits per heavy atom. The number of benzene rings is 4. The highest BCUT2D eigenvalue weighted by Crippen LogP contribution is 2.66. The van der Waals surface area contributed by atoms with Crippen LogP contribution in [0.5, 0.6) is 0 Å². The fourth-order valence-electron chi connectivity index (χ4n) is 6.64. The molecule has 0 heterocycles. The third-order valence-electron chi connectivity index (χ3n) is 7.97. The van der Waals surface area contributed by atoms with Crippen molar-refractivity contribution in [3.63, 3.8) is 0 Å². The number of hydrogen-bond donors (Lipinski definition) is 0. The van der Waals surface area contributed by atoms with Crippen LogP contribution >= 0.6 is 0 Å². The average Bonchev–Trinajstić information content (AvgIpc) is 3.21. The van der Waals surface area contributed by atoms with Crippen LogP contribution in [-0.2, 0) is 20.4 Å². The van der Waals surface area contributed by atoms with Gasteiger partial charge in [-0.1, -0.05) is 133 Å². The molecule has 0 unspecified atom stereocenters. The molecule has 2 nitrogen and oxygen atoms in total. The van der Waals surface area contributed by atoms with Crippen LogP contribution < -0.4 is 0 Å². The van der Waals surface area contributed by atoms with Gasteiger partial charge in [0, 0.05) is 12.7 Å². The molecule has 0 saturated carbocycles. The molecule has 36 heavy (non-hydrogen) atoms. The maximum atomic E-state index is 15.1.